The maximum Gasteiger partial charge on any atom is 0.164 e. The van der Waals surface area contributed by atoms with Gasteiger partial charge < -0.3 is 5.32 Å². The summed E-state index contributed by atoms with van der Waals surface area (Å²) in [5.41, 5.74) is 1.10. The highest BCUT2D eigenvalue weighted by atomic mass is 35.5. The number of hydrogen-bond donors (Lipinski definition) is 1. The summed E-state index contributed by atoms with van der Waals surface area (Å²) in [7, 11) is 0. The Morgan fingerprint density at radius 2 is 1.72 bits per heavy atom. The smallest absolute Gasteiger partial charge is 0.164 e. The van der Waals surface area contributed by atoms with Gasteiger partial charge in [0, 0.05) is 16.3 Å². The molecule has 0 fully saturated rings. The third kappa shape index (κ3) is 2.79. The minimum absolute atomic E-state index is 0.296. The SMILES string of the molecule is CC(Nc1ccc(Cl)cc1)c1cccc(F)c1F. The highest BCUT2D eigenvalue weighted by Crippen LogP contribution is 2.23. The van der Waals surface area contributed by atoms with Crippen molar-refractivity contribution in [2.45, 2.75) is 13.0 Å². The molecule has 2 rings (SSSR count). The van der Waals surface area contributed by atoms with E-state index in [1.165, 1.54) is 6.07 Å². The van der Waals surface area contributed by atoms with Crippen molar-refractivity contribution in [3.63, 3.8) is 0 Å². The molecule has 0 aliphatic carbocycles. The van der Waals surface area contributed by atoms with Gasteiger partial charge in [-0.1, -0.05) is 23.7 Å². The molecule has 0 aliphatic rings. The van der Waals surface area contributed by atoms with Crippen LogP contribution in [-0.2, 0) is 0 Å². The second-order valence-corrected chi connectivity index (χ2v) is 4.45. The van der Waals surface area contributed by atoms with Crippen molar-refractivity contribution in [3.05, 3.63) is 64.7 Å². The first kappa shape index (κ1) is 12.8. The molecule has 0 aliphatic heterocycles. The molecule has 0 saturated carbocycles. The molecule has 1 unspecified atom stereocenters. The molecular formula is C14H12ClF2N. The lowest BCUT2D eigenvalue weighted by atomic mass is 10.1. The van der Waals surface area contributed by atoms with Gasteiger partial charge in [0.05, 0.1) is 6.04 Å². The first-order valence-corrected chi connectivity index (χ1v) is 5.91. The standard InChI is InChI=1S/C14H12ClF2N/c1-9(12-3-2-4-13(16)14(12)17)18-11-7-5-10(15)6-8-11/h2-9,18H,1H3. The Bertz CT molecular complexity index is 540. The molecule has 0 spiro atoms. The van der Waals surface area contributed by atoms with Crippen LogP contribution < -0.4 is 5.32 Å². The third-order valence-corrected chi connectivity index (χ3v) is 2.93. The molecule has 1 N–H and O–H groups in total. The monoisotopic (exact) mass is 267 g/mol. The molecule has 18 heavy (non-hydrogen) atoms. The van der Waals surface area contributed by atoms with Crippen LogP contribution in [0.15, 0.2) is 42.5 Å². The fraction of sp³-hybridized carbons (Fsp3) is 0.143. The van der Waals surface area contributed by atoms with Crippen molar-refractivity contribution in [2.75, 3.05) is 5.32 Å². The largest absolute Gasteiger partial charge is 0.378 e. The van der Waals surface area contributed by atoms with Crippen LogP contribution in [0.25, 0.3) is 0 Å². The minimum Gasteiger partial charge on any atom is -0.378 e. The molecule has 2 aromatic carbocycles. The zero-order valence-corrected chi connectivity index (χ0v) is 10.5. The highest BCUT2D eigenvalue weighted by Gasteiger charge is 2.13. The summed E-state index contributed by atoms with van der Waals surface area (Å²) in [5, 5.41) is 3.72. The highest BCUT2D eigenvalue weighted by molar-refractivity contribution is 6.30. The second-order valence-electron chi connectivity index (χ2n) is 4.02. The Labute approximate surface area is 109 Å². The van der Waals surface area contributed by atoms with Gasteiger partial charge in [-0.15, -0.1) is 0 Å². The summed E-state index contributed by atoms with van der Waals surface area (Å²) < 4.78 is 26.7. The van der Waals surface area contributed by atoms with Gasteiger partial charge in [0.1, 0.15) is 0 Å². The maximum absolute atomic E-state index is 13.6. The number of halogens is 3. The van der Waals surface area contributed by atoms with Crippen LogP contribution in [0, 0.1) is 11.6 Å². The van der Waals surface area contributed by atoms with E-state index in [9.17, 15) is 8.78 Å². The summed E-state index contributed by atoms with van der Waals surface area (Å²) in [6, 6.07) is 10.9. The van der Waals surface area contributed by atoms with Gasteiger partial charge in [0.2, 0.25) is 0 Å². The topological polar surface area (TPSA) is 12.0 Å². The first-order chi connectivity index (χ1) is 8.58. The Morgan fingerprint density at radius 1 is 1.06 bits per heavy atom. The van der Waals surface area contributed by atoms with E-state index in [0.29, 0.717) is 10.6 Å². The Hall–Kier alpha value is -1.61. The van der Waals surface area contributed by atoms with Crippen LogP contribution in [0.2, 0.25) is 5.02 Å². The summed E-state index contributed by atoms with van der Waals surface area (Å²) in [4.78, 5) is 0. The molecule has 0 saturated heterocycles. The van der Waals surface area contributed by atoms with E-state index in [-0.39, 0.29) is 6.04 Å². The van der Waals surface area contributed by atoms with Crippen molar-refractivity contribution in [3.8, 4) is 0 Å². The van der Waals surface area contributed by atoms with Crippen LogP contribution in [0.5, 0.6) is 0 Å². The fourth-order valence-electron chi connectivity index (χ4n) is 1.73. The molecule has 0 aromatic heterocycles. The molecule has 2 aromatic rings. The number of benzene rings is 2. The molecule has 0 bridgehead atoms. The van der Waals surface area contributed by atoms with E-state index in [2.05, 4.69) is 5.32 Å². The van der Waals surface area contributed by atoms with E-state index >= 15 is 0 Å². The number of anilines is 1. The van der Waals surface area contributed by atoms with Gasteiger partial charge >= 0.3 is 0 Å². The average molecular weight is 268 g/mol. The van der Waals surface area contributed by atoms with Gasteiger partial charge in [-0.05, 0) is 37.3 Å². The van der Waals surface area contributed by atoms with Gasteiger partial charge in [0.25, 0.3) is 0 Å². The van der Waals surface area contributed by atoms with Crippen molar-refractivity contribution >= 4 is 17.3 Å². The molecular weight excluding hydrogens is 256 g/mol. The van der Waals surface area contributed by atoms with Crippen LogP contribution in [0.4, 0.5) is 14.5 Å². The van der Waals surface area contributed by atoms with Crippen molar-refractivity contribution in [1.29, 1.82) is 0 Å². The lowest BCUT2D eigenvalue weighted by Crippen LogP contribution is -2.09. The van der Waals surface area contributed by atoms with E-state index in [0.717, 1.165) is 11.8 Å². The third-order valence-electron chi connectivity index (χ3n) is 2.68. The van der Waals surface area contributed by atoms with Crippen molar-refractivity contribution in [1.82, 2.24) is 0 Å². The summed E-state index contributed by atoms with van der Waals surface area (Å²) in [6.45, 7) is 1.77. The Morgan fingerprint density at radius 3 is 2.39 bits per heavy atom. The van der Waals surface area contributed by atoms with Gasteiger partial charge in [-0.3, -0.25) is 0 Å². The molecule has 0 amide bonds. The van der Waals surface area contributed by atoms with Crippen molar-refractivity contribution < 1.29 is 8.78 Å². The lowest BCUT2D eigenvalue weighted by molar-refractivity contribution is 0.494. The van der Waals surface area contributed by atoms with Gasteiger partial charge in [0.15, 0.2) is 11.6 Å². The molecule has 0 radical (unpaired) electrons. The molecule has 0 heterocycles. The van der Waals surface area contributed by atoms with E-state index in [1.807, 2.05) is 0 Å². The molecule has 4 heteroatoms. The summed E-state index contributed by atoms with van der Waals surface area (Å²) in [5.74, 6) is -1.65. The van der Waals surface area contributed by atoms with E-state index in [1.54, 1.807) is 37.3 Å². The average Bonchev–Trinajstić information content (AvgIpc) is 2.35. The van der Waals surface area contributed by atoms with Crippen molar-refractivity contribution in [2.24, 2.45) is 0 Å². The molecule has 1 nitrogen and oxygen atoms in total. The molecule has 94 valence electrons. The summed E-state index contributed by atoms with van der Waals surface area (Å²) in [6.07, 6.45) is 0. The van der Waals surface area contributed by atoms with Crippen LogP contribution in [-0.4, -0.2) is 0 Å². The number of hydrogen-bond acceptors (Lipinski definition) is 1. The van der Waals surface area contributed by atoms with E-state index in [4.69, 9.17) is 11.6 Å². The predicted molar refractivity (Wildman–Crippen MR) is 69.8 cm³/mol. The van der Waals surface area contributed by atoms with E-state index < -0.39 is 11.6 Å². The predicted octanol–water partition coefficient (Wildman–Crippen LogP) is 4.79. The number of rotatable bonds is 3. The maximum atomic E-state index is 13.6. The van der Waals surface area contributed by atoms with Gasteiger partial charge in [-0.25, -0.2) is 8.78 Å². The van der Waals surface area contributed by atoms with Crippen LogP contribution in [0.1, 0.15) is 18.5 Å². The van der Waals surface area contributed by atoms with Crippen LogP contribution >= 0.6 is 11.6 Å². The second kappa shape index (κ2) is 5.36. The van der Waals surface area contributed by atoms with Crippen LogP contribution in [0.3, 0.4) is 0 Å². The Balaban J connectivity index is 2.19. The fourth-order valence-corrected chi connectivity index (χ4v) is 1.85. The minimum atomic E-state index is -0.836. The quantitative estimate of drug-likeness (QED) is 0.843. The molecule has 1 atom stereocenters. The zero-order valence-electron chi connectivity index (χ0n) is 9.75. The first-order valence-electron chi connectivity index (χ1n) is 5.54. The normalized spacial score (nSPS) is 12.2. The lowest BCUT2D eigenvalue weighted by Gasteiger charge is -2.16. The number of nitrogens with one attached hydrogen (secondary N) is 1. The zero-order chi connectivity index (χ0) is 13.1. The Kier molecular flexibility index (Phi) is 3.82. The summed E-state index contributed by atoms with van der Waals surface area (Å²) >= 11 is 5.77. The van der Waals surface area contributed by atoms with Gasteiger partial charge in [-0.2, -0.15) is 0 Å².